The molecule has 1 aliphatic heterocycles. The van der Waals surface area contributed by atoms with Gasteiger partial charge in [-0.15, -0.1) is 24.0 Å². The minimum atomic E-state index is -0.0561. The Morgan fingerprint density at radius 1 is 1.29 bits per heavy atom. The molecule has 1 saturated heterocycles. The van der Waals surface area contributed by atoms with Gasteiger partial charge in [0.2, 0.25) is 5.91 Å². The first-order chi connectivity index (χ1) is 11.2. The summed E-state index contributed by atoms with van der Waals surface area (Å²) in [5, 5.41) is 9.25. The second kappa shape index (κ2) is 14.7. The Morgan fingerprint density at radius 2 is 2.00 bits per heavy atom. The van der Waals surface area contributed by atoms with E-state index >= 15 is 0 Å². The highest BCUT2D eigenvalue weighted by Gasteiger charge is 2.19. The van der Waals surface area contributed by atoms with Crippen molar-refractivity contribution in [2.24, 2.45) is 4.99 Å². The fraction of sp³-hybridized carbons (Fsp3) is 0.875. The summed E-state index contributed by atoms with van der Waals surface area (Å²) in [6.07, 6.45) is 4.76. The molecule has 0 bridgehead atoms. The molecular formula is C16H34IN5O2. The Kier molecular flexibility index (Phi) is 14.3. The van der Waals surface area contributed by atoms with E-state index in [1.807, 2.05) is 0 Å². The number of likely N-dealkylation sites (tertiary alicyclic amines) is 1. The summed E-state index contributed by atoms with van der Waals surface area (Å²) in [4.78, 5) is 18.4. The molecule has 1 rings (SSSR count). The van der Waals surface area contributed by atoms with Gasteiger partial charge in [0.25, 0.3) is 0 Å². The zero-order chi connectivity index (χ0) is 16.9. The van der Waals surface area contributed by atoms with E-state index in [4.69, 9.17) is 4.74 Å². The minimum absolute atomic E-state index is 0. The third kappa shape index (κ3) is 10.3. The van der Waals surface area contributed by atoms with Crippen LogP contribution < -0.4 is 16.0 Å². The zero-order valence-electron chi connectivity index (χ0n) is 15.3. The quantitative estimate of drug-likeness (QED) is 0.208. The van der Waals surface area contributed by atoms with Crippen molar-refractivity contribution in [3.05, 3.63) is 0 Å². The highest BCUT2D eigenvalue weighted by molar-refractivity contribution is 14.0. The third-order valence-corrected chi connectivity index (χ3v) is 4.02. The Morgan fingerprint density at radius 3 is 2.58 bits per heavy atom. The van der Waals surface area contributed by atoms with E-state index in [-0.39, 0.29) is 36.4 Å². The summed E-state index contributed by atoms with van der Waals surface area (Å²) in [6, 6.07) is 0.427. The van der Waals surface area contributed by atoms with Crippen LogP contribution in [-0.2, 0) is 9.53 Å². The molecule has 0 unspecified atom stereocenters. The van der Waals surface area contributed by atoms with E-state index in [1.54, 1.807) is 14.2 Å². The molecule has 142 valence electrons. The number of rotatable bonds is 9. The molecule has 0 aliphatic carbocycles. The molecule has 1 amide bonds. The maximum Gasteiger partial charge on any atom is 0.239 e. The molecule has 0 spiro atoms. The van der Waals surface area contributed by atoms with E-state index in [2.05, 4.69) is 32.8 Å². The van der Waals surface area contributed by atoms with E-state index in [0.29, 0.717) is 25.2 Å². The molecule has 0 atom stereocenters. The fourth-order valence-electron chi connectivity index (χ4n) is 2.59. The number of nitrogens with one attached hydrogen (secondary N) is 3. The van der Waals surface area contributed by atoms with Crippen molar-refractivity contribution >= 4 is 35.8 Å². The van der Waals surface area contributed by atoms with Crippen LogP contribution in [0.5, 0.6) is 0 Å². The summed E-state index contributed by atoms with van der Waals surface area (Å²) in [6.45, 7) is 6.97. The van der Waals surface area contributed by atoms with Gasteiger partial charge in [-0.25, -0.2) is 0 Å². The van der Waals surface area contributed by atoms with Gasteiger partial charge in [0.15, 0.2) is 5.96 Å². The van der Waals surface area contributed by atoms with Crippen molar-refractivity contribution < 1.29 is 9.53 Å². The summed E-state index contributed by atoms with van der Waals surface area (Å²) in [5.74, 6) is 0.637. The smallest absolute Gasteiger partial charge is 0.239 e. The first-order valence-corrected chi connectivity index (χ1v) is 8.64. The largest absolute Gasteiger partial charge is 0.383 e. The third-order valence-electron chi connectivity index (χ3n) is 4.02. The number of guanidine groups is 1. The molecule has 0 aromatic heterocycles. The summed E-state index contributed by atoms with van der Waals surface area (Å²) in [7, 11) is 3.35. The normalized spacial score (nSPS) is 16.4. The van der Waals surface area contributed by atoms with E-state index in [1.165, 1.54) is 19.4 Å². The van der Waals surface area contributed by atoms with Gasteiger partial charge >= 0.3 is 0 Å². The van der Waals surface area contributed by atoms with Crippen molar-refractivity contribution in [1.82, 2.24) is 20.9 Å². The molecule has 0 saturated carbocycles. The van der Waals surface area contributed by atoms with Crippen molar-refractivity contribution in [2.75, 3.05) is 53.5 Å². The van der Waals surface area contributed by atoms with E-state index in [0.717, 1.165) is 25.9 Å². The molecule has 0 aromatic carbocycles. The Hall–Kier alpha value is -0.610. The second-order valence-electron chi connectivity index (χ2n) is 5.88. The van der Waals surface area contributed by atoms with Crippen molar-refractivity contribution in [1.29, 1.82) is 0 Å². The lowest BCUT2D eigenvalue weighted by Gasteiger charge is -2.33. The molecule has 7 nitrogen and oxygen atoms in total. The van der Waals surface area contributed by atoms with Crippen molar-refractivity contribution in [3.63, 3.8) is 0 Å². The topological polar surface area (TPSA) is 78.0 Å². The lowest BCUT2D eigenvalue weighted by atomic mass is 10.0. The SMILES string of the molecule is CCCCN1CCC(NC(=NC)NCC(=O)NCCOC)CC1.I. The van der Waals surface area contributed by atoms with Crippen molar-refractivity contribution in [2.45, 2.75) is 38.6 Å². The molecule has 1 aliphatic rings. The average molecular weight is 455 g/mol. The maximum absolute atomic E-state index is 11.7. The first-order valence-electron chi connectivity index (χ1n) is 8.64. The predicted octanol–water partition coefficient (Wildman–Crippen LogP) is 0.797. The number of ether oxygens (including phenoxy) is 1. The van der Waals surface area contributed by atoms with Crippen LogP contribution in [0.25, 0.3) is 0 Å². The Balaban J connectivity index is 0.00000529. The molecule has 3 N–H and O–H groups in total. The van der Waals surface area contributed by atoms with Gasteiger partial charge in [0, 0.05) is 39.8 Å². The lowest BCUT2D eigenvalue weighted by Crippen LogP contribution is -2.50. The van der Waals surface area contributed by atoms with Crippen LogP contribution in [0, 0.1) is 0 Å². The van der Waals surface area contributed by atoms with Gasteiger partial charge in [-0.05, 0) is 25.8 Å². The average Bonchev–Trinajstić information content (AvgIpc) is 2.58. The van der Waals surface area contributed by atoms with Crippen molar-refractivity contribution in [3.8, 4) is 0 Å². The first kappa shape index (κ1) is 23.4. The van der Waals surface area contributed by atoms with E-state index in [9.17, 15) is 4.79 Å². The van der Waals surface area contributed by atoms with Crippen LogP contribution in [0.15, 0.2) is 4.99 Å². The molecule has 0 radical (unpaired) electrons. The Labute approximate surface area is 163 Å². The van der Waals surface area contributed by atoms with Gasteiger partial charge < -0.3 is 25.6 Å². The number of carbonyl (C=O) groups is 1. The Bertz CT molecular complexity index is 360. The number of hydrogen-bond donors (Lipinski definition) is 3. The number of hydrogen-bond acceptors (Lipinski definition) is 4. The number of amides is 1. The summed E-state index contributed by atoms with van der Waals surface area (Å²) in [5.41, 5.74) is 0. The highest BCUT2D eigenvalue weighted by Crippen LogP contribution is 2.10. The van der Waals surface area contributed by atoms with Crippen LogP contribution in [0.4, 0.5) is 0 Å². The zero-order valence-corrected chi connectivity index (χ0v) is 17.6. The number of nitrogens with zero attached hydrogens (tertiary/aromatic N) is 2. The predicted molar refractivity (Wildman–Crippen MR) is 109 cm³/mol. The van der Waals surface area contributed by atoms with Gasteiger partial charge in [-0.2, -0.15) is 0 Å². The number of carbonyl (C=O) groups excluding carboxylic acids is 1. The molecular weight excluding hydrogens is 421 g/mol. The molecule has 24 heavy (non-hydrogen) atoms. The lowest BCUT2D eigenvalue weighted by molar-refractivity contribution is -0.120. The number of methoxy groups -OCH3 is 1. The fourth-order valence-corrected chi connectivity index (χ4v) is 2.59. The monoisotopic (exact) mass is 455 g/mol. The van der Waals surface area contributed by atoms with Crippen LogP contribution in [0.2, 0.25) is 0 Å². The number of unbranched alkanes of at least 4 members (excludes halogenated alkanes) is 1. The summed E-state index contributed by atoms with van der Waals surface area (Å²) >= 11 is 0. The van der Waals surface area contributed by atoms with Crippen LogP contribution in [0.3, 0.4) is 0 Å². The second-order valence-corrected chi connectivity index (χ2v) is 5.88. The van der Waals surface area contributed by atoms with Gasteiger partial charge in [0.1, 0.15) is 0 Å². The molecule has 1 fully saturated rings. The van der Waals surface area contributed by atoms with Gasteiger partial charge in [-0.3, -0.25) is 9.79 Å². The maximum atomic E-state index is 11.7. The highest BCUT2D eigenvalue weighted by atomic mass is 127. The van der Waals surface area contributed by atoms with Crippen LogP contribution in [-0.4, -0.2) is 76.3 Å². The molecule has 1 heterocycles. The number of piperidine rings is 1. The standard InChI is InChI=1S/C16H33N5O2.HI/c1-4-5-9-21-10-6-14(7-11-21)20-16(17-2)19-13-15(22)18-8-12-23-3;/h14H,4-13H2,1-3H3,(H,18,22)(H2,17,19,20);1H. The molecule has 8 heteroatoms. The number of aliphatic imine (C=N–C) groups is 1. The van der Waals surface area contributed by atoms with E-state index < -0.39 is 0 Å². The van der Waals surface area contributed by atoms with Crippen LogP contribution in [0.1, 0.15) is 32.6 Å². The minimum Gasteiger partial charge on any atom is -0.383 e. The van der Waals surface area contributed by atoms with Crippen LogP contribution >= 0.6 is 24.0 Å². The molecule has 0 aromatic rings. The van der Waals surface area contributed by atoms with Gasteiger partial charge in [0.05, 0.1) is 13.2 Å². The van der Waals surface area contributed by atoms with Gasteiger partial charge in [-0.1, -0.05) is 13.3 Å². The summed E-state index contributed by atoms with van der Waals surface area (Å²) < 4.78 is 4.90. The number of halogens is 1.